The molecule has 0 atom stereocenters. The second-order valence-corrected chi connectivity index (χ2v) is 8.61. The molecule has 0 spiro atoms. The first-order valence-corrected chi connectivity index (χ1v) is 10.8. The number of piperidine rings is 1. The van der Waals surface area contributed by atoms with E-state index in [2.05, 4.69) is 73.5 Å². The molecule has 0 aromatic heterocycles. The minimum absolute atomic E-state index is 0.154. The molecule has 2 aromatic carbocycles. The Morgan fingerprint density at radius 2 is 1.70 bits per heavy atom. The number of nitrogens with one attached hydrogen (secondary N) is 1. The first-order valence-electron chi connectivity index (χ1n) is 9.77. The maximum absolute atomic E-state index is 12.4. The molecule has 3 nitrogen and oxygen atoms in total. The van der Waals surface area contributed by atoms with Gasteiger partial charge < -0.3 is 5.32 Å². The number of thioether (sulfide) groups is 1. The van der Waals surface area contributed by atoms with Crippen LogP contribution in [0.2, 0.25) is 0 Å². The predicted octanol–water partition coefficient (Wildman–Crippen LogP) is 4.48. The van der Waals surface area contributed by atoms with E-state index < -0.39 is 0 Å². The molecule has 1 aliphatic heterocycles. The number of likely N-dealkylation sites (tertiary alicyclic amines) is 1. The van der Waals surface area contributed by atoms with Crippen LogP contribution in [-0.2, 0) is 11.3 Å². The fraction of sp³-hybridized carbons (Fsp3) is 0.435. The molecule has 1 heterocycles. The fourth-order valence-corrected chi connectivity index (χ4v) is 4.81. The molecule has 1 fully saturated rings. The Labute approximate surface area is 167 Å². The van der Waals surface area contributed by atoms with Crippen molar-refractivity contribution in [3.05, 3.63) is 64.7 Å². The number of carbonyl (C=O) groups excluding carboxylic acids is 1. The zero-order valence-electron chi connectivity index (χ0n) is 16.6. The third-order valence-corrected chi connectivity index (χ3v) is 6.49. The molecule has 0 saturated carbocycles. The second kappa shape index (κ2) is 9.43. The number of amides is 1. The summed E-state index contributed by atoms with van der Waals surface area (Å²) in [5, 5.41) is 3.24. The predicted molar refractivity (Wildman–Crippen MR) is 114 cm³/mol. The Kier molecular flexibility index (Phi) is 6.97. The van der Waals surface area contributed by atoms with E-state index in [0.29, 0.717) is 11.8 Å². The lowest BCUT2D eigenvalue weighted by Gasteiger charge is -2.32. The van der Waals surface area contributed by atoms with Crippen molar-refractivity contribution >= 4 is 17.7 Å². The average Bonchev–Trinajstić information content (AvgIpc) is 2.63. The highest BCUT2D eigenvalue weighted by atomic mass is 32.2. The fourth-order valence-electron chi connectivity index (χ4n) is 3.88. The quantitative estimate of drug-likeness (QED) is 0.748. The molecule has 0 radical (unpaired) electrons. The van der Waals surface area contributed by atoms with E-state index in [9.17, 15) is 4.79 Å². The molecule has 1 saturated heterocycles. The Bertz CT molecular complexity index is 744. The second-order valence-electron chi connectivity index (χ2n) is 7.62. The molecule has 3 rings (SSSR count). The summed E-state index contributed by atoms with van der Waals surface area (Å²) < 4.78 is 0. The van der Waals surface area contributed by atoms with Gasteiger partial charge in [-0.15, -0.1) is 11.8 Å². The van der Waals surface area contributed by atoms with Crippen LogP contribution in [0, 0.1) is 20.8 Å². The minimum Gasteiger partial charge on any atom is -0.353 e. The van der Waals surface area contributed by atoms with Crippen molar-refractivity contribution in [2.24, 2.45) is 0 Å². The van der Waals surface area contributed by atoms with Gasteiger partial charge in [0.05, 0.1) is 5.75 Å². The first kappa shape index (κ1) is 20.0. The van der Waals surface area contributed by atoms with Crippen LogP contribution in [-0.4, -0.2) is 35.7 Å². The summed E-state index contributed by atoms with van der Waals surface area (Å²) in [5.41, 5.74) is 5.17. The summed E-state index contributed by atoms with van der Waals surface area (Å²) in [6.45, 7) is 9.46. The van der Waals surface area contributed by atoms with Crippen molar-refractivity contribution in [3.8, 4) is 0 Å². The Morgan fingerprint density at radius 3 is 2.33 bits per heavy atom. The molecule has 27 heavy (non-hydrogen) atoms. The highest BCUT2D eigenvalue weighted by molar-refractivity contribution is 8.00. The molecule has 2 aromatic rings. The molecule has 0 unspecified atom stereocenters. The van der Waals surface area contributed by atoms with Crippen LogP contribution < -0.4 is 5.32 Å². The van der Waals surface area contributed by atoms with Gasteiger partial charge in [-0.25, -0.2) is 0 Å². The number of carbonyl (C=O) groups is 1. The van der Waals surface area contributed by atoms with Gasteiger partial charge in [-0.2, -0.15) is 0 Å². The van der Waals surface area contributed by atoms with E-state index in [1.807, 2.05) is 0 Å². The van der Waals surface area contributed by atoms with Gasteiger partial charge in [-0.1, -0.05) is 48.0 Å². The highest BCUT2D eigenvalue weighted by Crippen LogP contribution is 2.27. The summed E-state index contributed by atoms with van der Waals surface area (Å²) >= 11 is 1.66. The van der Waals surface area contributed by atoms with Crippen molar-refractivity contribution in [1.82, 2.24) is 10.2 Å². The molecule has 1 N–H and O–H groups in total. The number of rotatable bonds is 6. The molecule has 1 aliphatic rings. The highest BCUT2D eigenvalue weighted by Gasteiger charge is 2.21. The van der Waals surface area contributed by atoms with Crippen LogP contribution in [0.15, 0.2) is 47.4 Å². The van der Waals surface area contributed by atoms with Crippen LogP contribution in [0.5, 0.6) is 0 Å². The van der Waals surface area contributed by atoms with Gasteiger partial charge in [0.2, 0.25) is 5.91 Å². The van der Waals surface area contributed by atoms with Gasteiger partial charge in [-0.05, 0) is 50.3 Å². The van der Waals surface area contributed by atoms with Crippen LogP contribution >= 0.6 is 11.8 Å². The van der Waals surface area contributed by atoms with E-state index in [0.717, 1.165) is 32.5 Å². The zero-order valence-corrected chi connectivity index (χ0v) is 17.4. The van der Waals surface area contributed by atoms with Crippen LogP contribution in [0.3, 0.4) is 0 Å². The van der Waals surface area contributed by atoms with Gasteiger partial charge in [0.15, 0.2) is 0 Å². The summed E-state index contributed by atoms with van der Waals surface area (Å²) in [5.74, 6) is 0.649. The van der Waals surface area contributed by atoms with Crippen LogP contribution in [0.4, 0.5) is 0 Å². The summed E-state index contributed by atoms with van der Waals surface area (Å²) in [4.78, 5) is 16.1. The van der Waals surface area contributed by atoms with E-state index in [4.69, 9.17) is 0 Å². The third-order valence-electron chi connectivity index (χ3n) is 5.15. The summed E-state index contributed by atoms with van der Waals surface area (Å²) in [6.07, 6.45) is 2.07. The lowest BCUT2D eigenvalue weighted by molar-refractivity contribution is -0.119. The van der Waals surface area contributed by atoms with Gasteiger partial charge in [-0.3, -0.25) is 9.69 Å². The van der Waals surface area contributed by atoms with Gasteiger partial charge >= 0.3 is 0 Å². The molecule has 0 aliphatic carbocycles. The summed E-state index contributed by atoms with van der Waals surface area (Å²) in [6, 6.07) is 15.3. The third kappa shape index (κ3) is 5.85. The van der Waals surface area contributed by atoms with E-state index in [-0.39, 0.29) is 5.91 Å². The monoisotopic (exact) mass is 382 g/mol. The van der Waals surface area contributed by atoms with Crippen molar-refractivity contribution in [1.29, 1.82) is 0 Å². The topological polar surface area (TPSA) is 32.3 Å². The van der Waals surface area contributed by atoms with E-state index in [1.54, 1.807) is 11.8 Å². The van der Waals surface area contributed by atoms with Gasteiger partial charge in [0.25, 0.3) is 0 Å². The number of hydrogen-bond acceptors (Lipinski definition) is 3. The molecule has 0 bridgehead atoms. The lowest BCUT2D eigenvalue weighted by atomic mass is 10.0. The largest absolute Gasteiger partial charge is 0.353 e. The first-order chi connectivity index (χ1) is 13.0. The van der Waals surface area contributed by atoms with Gasteiger partial charge in [0.1, 0.15) is 0 Å². The van der Waals surface area contributed by atoms with Crippen molar-refractivity contribution in [3.63, 3.8) is 0 Å². The smallest absolute Gasteiger partial charge is 0.230 e. The van der Waals surface area contributed by atoms with E-state index >= 15 is 0 Å². The Hall–Kier alpha value is -1.78. The molecular weight excluding hydrogens is 352 g/mol. The summed E-state index contributed by atoms with van der Waals surface area (Å²) in [7, 11) is 0. The van der Waals surface area contributed by atoms with Crippen molar-refractivity contribution < 1.29 is 4.79 Å². The molecule has 1 amide bonds. The van der Waals surface area contributed by atoms with Crippen LogP contribution in [0.25, 0.3) is 0 Å². The number of nitrogens with zero attached hydrogens (tertiary/aromatic N) is 1. The number of benzene rings is 2. The SMILES string of the molecule is Cc1cc(C)c(SCC(=O)NC2CCN(Cc3ccccc3)CC2)c(C)c1. The number of aryl methyl sites for hydroxylation is 3. The molecule has 4 heteroatoms. The Morgan fingerprint density at radius 1 is 1.07 bits per heavy atom. The lowest BCUT2D eigenvalue weighted by Crippen LogP contribution is -2.44. The van der Waals surface area contributed by atoms with Crippen LogP contribution in [0.1, 0.15) is 35.1 Å². The number of hydrogen-bond donors (Lipinski definition) is 1. The average molecular weight is 383 g/mol. The normalized spacial score (nSPS) is 15.7. The van der Waals surface area contributed by atoms with E-state index in [1.165, 1.54) is 27.1 Å². The van der Waals surface area contributed by atoms with Crippen molar-refractivity contribution in [2.75, 3.05) is 18.8 Å². The maximum Gasteiger partial charge on any atom is 0.230 e. The van der Waals surface area contributed by atoms with Crippen molar-refractivity contribution in [2.45, 2.75) is 51.1 Å². The maximum atomic E-state index is 12.4. The minimum atomic E-state index is 0.154. The van der Waals surface area contributed by atoms with Gasteiger partial charge in [0, 0.05) is 30.6 Å². The molecule has 144 valence electrons. The zero-order chi connectivity index (χ0) is 19.2. The standard InChI is InChI=1S/C23H30N2OS/c1-17-13-18(2)23(19(3)14-17)27-16-22(26)24-21-9-11-25(12-10-21)15-20-7-5-4-6-8-20/h4-8,13-14,21H,9-12,15-16H2,1-3H3,(H,24,26). The molecular formula is C23H30N2OS. The Balaban J connectivity index is 1.42.